The minimum atomic E-state index is -0.463. The van der Waals surface area contributed by atoms with E-state index < -0.39 is 5.54 Å². The first-order valence-electron chi connectivity index (χ1n) is 7.92. The minimum absolute atomic E-state index is 0.168. The summed E-state index contributed by atoms with van der Waals surface area (Å²) in [6.07, 6.45) is 5.65. The summed E-state index contributed by atoms with van der Waals surface area (Å²) in [5, 5.41) is 3.39. The fourth-order valence-corrected chi connectivity index (χ4v) is 3.96. The Kier molecular flexibility index (Phi) is 5.41. The number of nitrogens with two attached hydrogens (primary N) is 1. The van der Waals surface area contributed by atoms with E-state index in [4.69, 9.17) is 10.5 Å². The fourth-order valence-electron chi connectivity index (χ4n) is 3.96. The lowest BCUT2D eigenvalue weighted by Gasteiger charge is -2.34. The predicted molar refractivity (Wildman–Crippen MR) is 79.4 cm³/mol. The van der Waals surface area contributed by atoms with Crippen LogP contribution in [-0.2, 0) is 9.53 Å². The van der Waals surface area contributed by atoms with E-state index in [2.05, 4.69) is 10.2 Å². The van der Waals surface area contributed by atoms with E-state index in [0.29, 0.717) is 12.0 Å². The number of nitrogens with one attached hydrogen (secondary N) is 1. The highest BCUT2D eigenvalue weighted by atomic mass is 16.5. The number of carbonyl (C=O) groups excluding carboxylic acids is 1. The van der Waals surface area contributed by atoms with Crippen molar-refractivity contribution < 1.29 is 9.53 Å². The van der Waals surface area contributed by atoms with Crippen molar-refractivity contribution in [3.63, 3.8) is 0 Å². The van der Waals surface area contributed by atoms with Gasteiger partial charge in [0.15, 0.2) is 0 Å². The molecule has 1 saturated carbocycles. The van der Waals surface area contributed by atoms with Crippen molar-refractivity contribution in [2.75, 3.05) is 33.3 Å². The Labute approximate surface area is 122 Å². The quantitative estimate of drug-likeness (QED) is 0.723. The highest BCUT2D eigenvalue weighted by Crippen LogP contribution is 2.38. The fraction of sp³-hybridized carbons (Fsp3) is 0.933. The van der Waals surface area contributed by atoms with Crippen molar-refractivity contribution >= 4 is 5.91 Å². The summed E-state index contributed by atoms with van der Waals surface area (Å²) in [7, 11) is 1.79. The highest BCUT2D eigenvalue weighted by molar-refractivity contribution is 5.85. The number of rotatable bonds is 7. The van der Waals surface area contributed by atoms with Gasteiger partial charge in [0, 0.05) is 20.2 Å². The molecule has 5 heteroatoms. The van der Waals surface area contributed by atoms with Gasteiger partial charge in [-0.2, -0.15) is 0 Å². The summed E-state index contributed by atoms with van der Waals surface area (Å²) in [4.78, 5) is 14.4. The summed E-state index contributed by atoms with van der Waals surface area (Å²) < 4.78 is 5.40. The Morgan fingerprint density at radius 2 is 2.30 bits per heavy atom. The number of nitrogens with zero attached hydrogens (tertiary/aromatic N) is 1. The molecule has 1 heterocycles. The molecule has 5 nitrogen and oxygen atoms in total. The van der Waals surface area contributed by atoms with Gasteiger partial charge >= 0.3 is 0 Å². The Morgan fingerprint density at radius 1 is 1.50 bits per heavy atom. The van der Waals surface area contributed by atoms with E-state index in [-0.39, 0.29) is 5.91 Å². The third kappa shape index (κ3) is 3.15. The number of likely N-dealkylation sites (tertiary alicyclic amines) is 1. The molecule has 0 bridgehead atoms. The third-order valence-electron chi connectivity index (χ3n) is 5.11. The van der Waals surface area contributed by atoms with E-state index in [1.807, 2.05) is 6.92 Å². The lowest BCUT2D eigenvalue weighted by molar-refractivity contribution is -0.126. The maximum atomic E-state index is 11.9. The number of hydrogen-bond donors (Lipinski definition) is 2. The Hall–Kier alpha value is -0.650. The van der Waals surface area contributed by atoms with Crippen molar-refractivity contribution in [1.82, 2.24) is 10.2 Å². The topological polar surface area (TPSA) is 67.6 Å². The molecular formula is C15H29N3O2. The van der Waals surface area contributed by atoms with Crippen molar-refractivity contribution in [2.45, 2.75) is 50.7 Å². The summed E-state index contributed by atoms with van der Waals surface area (Å²) in [5.74, 6) is 0.208. The zero-order valence-electron chi connectivity index (χ0n) is 12.9. The molecule has 0 aromatic rings. The van der Waals surface area contributed by atoms with Crippen LogP contribution in [0.4, 0.5) is 0 Å². The molecule has 1 amide bonds. The van der Waals surface area contributed by atoms with Crippen LogP contribution in [0.5, 0.6) is 0 Å². The minimum Gasteiger partial charge on any atom is -0.380 e. The molecule has 20 heavy (non-hydrogen) atoms. The van der Waals surface area contributed by atoms with Crippen molar-refractivity contribution in [3.8, 4) is 0 Å². The van der Waals surface area contributed by atoms with E-state index in [9.17, 15) is 4.79 Å². The van der Waals surface area contributed by atoms with Crippen LogP contribution in [0, 0.1) is 5.92 Å². The molecule has 1 saturated heterocycles. The second-order valence-electron chi connectivity index (χ2n) is 6.19. The zero-order valence-corrected chi connectivity index (χ0v) is 12.9. The normalized spacial score (nSPS) is 34.7. The number of ether oxygens (including phenoxy) is 1. The molecule has 0 radical (unpaired) electrons. The van der Waals surface area contributed by atoms with Gasteiger partial charge in [0.2, 0.25) is 5.91 Å². The number of amides is 1. The maximum Gasteiger partial charge on any atom is 0.238 e. The van der Waals surface area contributed by atoms with Gasteiger partial charge in [-0.3, -0.25) is 4.79 Å². The molecule has 116 valence electrons. The molecule has 3 atom stereocenters. The van der Waals surface area contributed by atoms with Gasteiger partial charge in [-0.1, -0.05) is 13.3 Å². The number of hydrogen-bond acceptors (Lipinski definition) is 4. The van der Waals surface area contributed by atoms with Gasteiger partial charge < -0.3 is 20.7 Å². The second-order valence-corrected chi connectivity index (χ2v) is 6.19. The Bertz CT molecular complexity index is 337. The van der Waals surface area contributed by atoms with Crippen LogP contribution >= 0.6 is 0 Å². The first-order chi connectivity index (χ1) is 9.62. The summed E-state index contributed by atoms with van der Waals surface area (Å²) >= 11 is 0. The molecule has 1 aliphatic heterocycles. The Morgan fingerprint density at radius 3 is 2.90 bits per heavy atom. The van der Waals surface area contributed by atoms with Crippen LogP contribution in [0.2, 0.25) is 0 Å². The Balaban J connectivity index is 1.89. The van der Waals surface area contributed by atoms with Crippen molar-refractivity contribution in [3.05, 3.63) is 0 Å². The monoisotopic (exact) mass is 283 g/mol. The molecule has 0 aromatic heterocycles. The number of likely N-dealkylation sites (N-methyl/N-ethyl adjacent to an activating group) is 1. The lowest BCUT2D eigenvalue weighted by atomic mass is 9.83. The van der Waals surface area contributed by atoms with Crippen LogP contribution in [0.15, 0.2) is 0 Å². The van der Waals surface area contributed by atoms with Gasteiger partial charge in [-0.25, -0.2) is 0 Å². The first kappa shape index (κ1) is 15.7. The largest absolute Gasteiger partial charge is 0.380 e. The molecule has 3 N–H and O–H groups in total. The molecular weight excluding hydrogens is 254 g/mol. The smallest absolute Gasteiger partial charge is 0.238 e. The predicted octanol–water partition coefficient (Wildman–Crippen LogP) is 0.731. The molecule has 1 aliphatic carbocycles. The zero-order chi connectivity index (χ0) is 14.6. The van der Waals surface area contributed by atoms with Crippen LogP contribution in [-0.4, -0.2) is 55.7 Å². The van der Waals surface area contributed by atoms with Crippen LogP contribution in [0.25, 0.3) is 0 Å². The summed E-state index contributed by atoms with van der Waals surface area (Å²) in [6.45, 7) is 6.02. The molecule has 2 aliphatic rings. The lowest BCUT2D eigenvalue weighted by Crippen LogP contribution is -2.58. The van der Waals surface area contributed by atoms with Gasteiger partial charge in [0.05, 0.1) is 6.10 Å². The number of methoxy groups -OCH3 is 1. The van der Waals surface area contributed by atoms with Crippen molar-refractivity contribution in [1.29, 1.82) is 0 Å². The number of primary amides is 1. The van der Waals surface area contributed by atoms with Crippen LogP contribution < -0.4 is 11.1 Å². The van der Waals surface area contributed by atoms with Crippen LogP contribution in [0.1, 0.15) is 39.0 Å². The third-order valence-corrected chi connectivity index (χ3v) is 5.11. The molecule has 0 aromatic carbocycles. The number of carbonyl (C=O) groups is 1. The highest BCUT2D eigenvalue weighted by Gasteiger charge is 2.46. The van der Waals surface area contributed by atoms with E-state index in [1.54, 1.807) is 7.11 Å². The average molecular weight is 283 g/mol. The van der Waals surface area contributed by atoms with Crippen molar-refractivity contribution in [2.24, 2.45) is 11.7 Å². The van der Waals surface area contributed by atoms with Gasteiger partial charge in [0.1, 0.15) is 5.54 Å². The van der Waals surface area contributed by atoms with E-state index in [1.165, 1.54) is 0 Å². The summed E-state index contributed by atoms with van der Waals surface area (Å²) in [5.41, 5.74) is 5.24. The van der Waals surface area contributed by atoms with Gasteiger partial charge in [-0.15, -0.1) is 0 Å². The maximum absolute atomic E-state index is 11.9. The molecule has 3 unspecified atom stereocenters. The first-order valence-corrected chi connectivity index (χ1v) is 7.92. The van der Waals surface area contributed by atoms with Gasteiger partial charge in [-0.05, 0) is 44.7 Å². The molecule has 0 spiro atoms. The molecule has 2 rings (SSSR count). The standard InChI is InChI=1S/C15H29N3O2/c1-3-17-15(14(16)19)8-4-5-12(15)6-9-18-10-7-13(11-18)20-2/h12-13,17H,3-11H2,1-2H3,(H2,16,19). The molecule has 2 fully saturated rings. The van der Waals surface area contributed by atoms with Gasteiger partial charge in [0.25, 0.3) is 0 Å². The second kappa shape index (κ2) is 6.87. The van der Waals surface area contributed by atoms with E-state index >= 15 is 0 Å². The summed E-state index contributed by atoms with van der Waals surface area (Å²) in [6, 6.07) is 0. The SMILES string of the molecule is CCNC1(C(N)=O)CCCC1CCN1CCC(OC)C1. The van der Waals surface area contributed by atoms with Crippen LogP contribution in [0.3, 0.4) is 0 Å². The average Bonchev–Trinajstić information content (AvgIpc) is 3.04. The van der Waals surface area contributed by atoms with E-state index in [0.717, 1.165) is 58.3 Å².